The fraction of sp³-hybridized carbons (Fsp3) is 0.263. The first kappa shape index (κ1) is 22.3. The van der Waals surface area contributed by atoms with Crippen LogP contribution in [0.2, 0.25) is 0 Å². The van der Waals surface area contributed by atoms with Crippen molar-refractivity contribution in [3.05, 3.63) is 70.8 Å². The number of carbonyl (C=O) groups is 2. The third kappa shape index (κ3) is 6.23. The van der Waals surface area contributed by atoms with E-state index in [1.165, 1.54) is 18.2 Å². The van der Waals surface area contributed by atoms with Crippen LogP contribution in [-0.2, 0) is 34.8 Å². The number of alkyl halides is 6. The summed E-state index contributed by atoms with van der Waals surface area (Å²) in [5.41, 5.74) is 3.36. The van der Waals surface area contributed by atoms with Gasteiger partial charge in [0.1, 0.15) is 6.04 Å². The molecule has 156 valence electrons. The lowest BCUT2D eigenvalue weighted by atomic mass is 9.99. The van der Waals surface area contributed by atoms with Crippen LogP contribution in [0.5, 0.6) is 0 Å². The fourth-order valence-electron chi connectivity index (χ4n) is 2.66. The van der Waals surface area contributed by atoms with Crippen molar-refractivity contribution in [1.29, 1.82) is 0 Å². The first-order valence-corrected chi connectivity index (χ1v) is 8.28. The number of nitrogens with one attached hydrogen (secondary N) is 1. The SMILES string of the molecule is NC(=O)[C@H](Cc1ccccc1C(F)(F)F)NC(=O)Cc1ccc(C(F)(F)F)cc1. The molecular weight excluding hydrogens is 402 g/mol. The van der Waals surface area contributed by atoms with Gasteiger partial charge >= 0.3 is 12.4 Å². The van der Waals surface area contributed by atoms with E-state index in [-0.39, 0.29) is 17.5 Å². The molecule has 0 saturated carbocycles. The Morgan fingerprint density at radius 1 is 0.897 bits per heavy atom. The van der Waals surface area contributed by atoms with Crippen molar-refractivity contribution in [3.8, 4) is 0 Å². The van der Waals surface area contributed by atoms with Crippen LogP contribution >= 0.6 is 0 Å². The Bertz CT molecular complexity index is 876. The second-order valence-electron chi connectivity index (χ2n) is 6.25. The monoisotopic (exact) mass is 418 g/mol. The van der Waals surface area contributed by atoms with Gasteiger partial charge < -0.3 is 11.1 Å². The molecule has 29 heavy (non-hydrogen) atoms. The number of rotatable bonds is 6. The molecule has 3 N–H and O–H groups in total. The van der Waals surface area contributed by atoms with E-state index in [0.717, 1.165) is 30.3 Å². The molecule has 2 amide bonds. The summed E-state index contributed by atoms with van der Waals surface area (Å²) >= 11 is 0. The smallest absolute Gasteiger partial charge is 0.368 e. The minimum atomic E-state index is -4.65. The second kappa shape index (κ2) is 8.54. The van der Waals surface area contributed by atoms with E-state index in [2.05, 4.69) is 5.32 Å². The molecule has 2 aromatic carbocycles. The van der Waals surface area contributed by atoms with Gasteiger partial charge in [0, 0.05) is 6.42 Å². The summed E-state index contributed by atoms with van der Waals surface area (Å²) in [6.45, 7) is 0. The van der Waals surface area contributed by atoms with Crippen LogP contribution in [0.15, 0.2) is 48.5 Å². The van der Waals surface area contributed by atoms with Crippen molar-refractivity contribution in [1.82, 2.24) is 5.32 Å². The summed E-state index contributed by atoms with van der Waals surface area (Å²) in [6.07, 6.45) is -10.0. The lowest BCUT2D eigenvalue weighted by Gasteiger charge is -2.19. The van der Waals surface area contributed by atoms with Gasteiger partial charge in [-0.1, -0.05) is 30.3 Å². The molecule has 0 aliphatic heterocycles. The van der Waals surface area contributed by atoms with E-state index in [0.29, 0.717) is 0 Å². The average Bonchev–Trinajstić information content (AvgIpc) is 2.60. The number of nitrogens with two attached hydrogens (primary N) is 1. The van der Waals surface area contributed by atoms with Crippen molar-refractivity contribution in [2.75, 3.05) is 0 Å². The molecule has 0 fully saturated rings. The maximum Gasteiger partial charge on any atom is 0.416 e. The summed E-state index contributed by atoms with van der Waals surface area (Å²) < 4.78 is 76.9. The molecule has 0 aliphatic rings. The van der Waals surface area contributed by atoms with Crippen molar-refractivity contribution in [2.24, 2.45) is 5.73 Å². The van der Waals surface area contributed by atoms with Crippen molar-refractivity contribution < 1.29 is 35.9 Å². The highest BCUT2D eigenvalue weighted by atomic mass is 19.4. The molecule has 0 aliphatic carbocycles. The molecule has 0 unspecified atom stereocenters. The van der Waals surface area contributed by atoms with Crippen LogP contribution in [0.1, 0.15) is 22.3 Å². The summed E-state index contributed by atoms with van der Waals surface area (Å²) in [5.74, 6) is -1.80. The van der Waals surface area contributed by atoms with Gasteiger partial charge in [0.2, 0.25) is 11.8 Å². The van der Waals surface area contributed by atoms with Crippen molar-refractivity contribution in [2.45, 2.75) is 31.2 Å². The molecule has 1 atom stereocenters. The number of carbonyl (C=O) groups excluding carboxylic acids is 2. The van der Waals surface area contributed by atoms with Gasteiger partial charge in [-0.3, -0.25) is 9.59 Å². The third-order valence-electron chi connectivity index (χ3n) is 4.07. The average molecular weight is 418 g/mol. The standard InChI is InChI=1S/C19H16F6N2O2/c20-18(21,22)13-7-5-11(6-8-13)9-16(28)27-15(17(26)29)10-12-3-1-2-4-14(12)19(23,24)25/h1-8,15H,9-10H2,(H2,26,29)(H,27,28)/t15-/m0/s1. The highest BCUT2D eigenvalue weighted by Gasteiger charge is 2.34. The second-order valence-corrected chi connectivity index (χ2v) is 6.25. The fourth-order valence-corrected chi connectivity index (χ4v) is 2.66. The number of benzene rings is 2. The Hall–Kier alpha value is -3.04. The molecular formula is C19H16F6N2O2. The predicted molar refractivity (Wildman–Crippen MR) is 91.4 cm³/mol. The minimum Gasteiger partial charge on any atom is -0.368 e. The molecule has 0 spiro atoms. The molecule has 0 saturated heterocycles. The molecule has 2 rings (SSSR count). The van der Waals surface area contributed by atoms with Crippen LogP contribution in [0.3, 0.4) is 0 Å². The molecule has 10 heteroatoms. The maximum atomic E-state index is 13.1. The Labute approximate surface area is 161 Å². The topological polar surface area (TPSA) is 72.2 Å². The Morgan fingerprint density at radius 2 is 1.48 bits per heavy atom. The quantitative estimate of drug-likeness (QED) is 0.706. The molecule has 0 radical (unpaired) electrons. The van der Waals surface area contributed by atoms with E-state index < -0.39 is 47.8 Å². The number of primary amides is 1. The van der Waals surface area contributed by atoms with Gasteiger partial charge in [0.15, 0.2) is 0 Å². The number of hydrogen-bond donors (Lipinski definition) is 2. The van der Waals surface area contributed by atoms with Gasteiger partial charge in [-0.2, -0.15) is 26.3 Å². The molecule has 2 aromatic rings. The number of halogens is 6. The zero-order chi connectivity index (χ0) is 21.8. The van der Waals surface area contributed by atoms with Crippen LogP contribution in [0, 0.1) is 0 Å². The first-order valence-electron chi connectivity index (χ1n) is 8.28. The third-order valence-corrected chi connectivity index (χ3v) is 4.07. The lowest BCUT2D eigenvalue weighted by molar-refractivity contribution is -0.138. The zero-order valence-corrected chi connectivity index (χ0v) is 14.8. The van der Waals surface area contributed by atoms with Crippen LogP contribution in [0.4, 0.5) is 26.3 Å². The van der Waals surface area contributed by atoms with E-state index >= 15 is 0 Å². The first-order chi connectivity index (χ1) is 13.4. The van der Waals surface area contributed by atoms with E-state index in [4.69, 9.17) is 5.73 Å². The summed E-state index contributed by atoms with van der Waals surface area (Å²) in [4.78, 5) is 23.7. The van der Waals surface area contributed by atoms with Crippen molar-refractivity contribution in [3.63, 3.8) is 0 Å². The maximum absolute atomic E-state index is 13.1. The van der Waals surface area contributed by atoms with E-state index in [9.17, 15) is 35.9 Å². The molecule has 0 heterocycles. The largest absolute Gasteiger partial charge is 0.416 e. The van der Waals surface area contributed by atoms with Gasteiger partial charge in [-0.25, -0.2) is 0 Å². The molecule has 4 nitrogen and oxygen atoms in total. The van der Waals surface area contributed by atoms with Crippen LogP contribution in [0.25, 0.3) is 0 Å². The Balaban J connectivity index is 2.10. The summed E-state index contributed by atoms with van der Waals surface area (Å²) in [7, 11) is 0. The number of amides is 2. The van der Waals surface area contributed by atoms with Gasteiger partial charge in [-0.15, -0.1) is 0 Å². The summed E-state index contributed by atoms with van der Waals surface area (Å²) in [6, 6.07) is 6.93. The minimum absolute atomic E-state index is 0.223. The molecule has 0 aromatic heterocycles. The predicted octanol–water partition coefficient (Wildman–Crippen LogP) is 3.48. The summed E-state index contributed by atoms with van der Waals surface area (Å²) in [5, 5.41) is 2.23. The highest BCUT2D eigenvalue weighted by molar-refractivity contribution is 5.87. The Kier molecular flexibility index (Phi) is 6.55. The van der Waals surface area contributed by atoms with Gasteiger partial charge in [-0.05, 0) is 29.3 Å². The van der Waals surface area contributed by atoms with E-state index in [1.54, 1.807) is 0 Å². The highest BCUT2D eigenvalue weighted by Crippen LogP contribution is 2.32. The Morgan fingerprint density at radius 3 is 2.00 bits per heavy atom. The van der Waals surface area contributed by atoms with E-state index in [1.807, 2.05) is 0 Å². The van der Waals surface area contributed by atoms with Gasteiger partial charge in [0.25, 0.3) is 0 Å². The zero-order valence-electron chi connectivity index (χ0n) is 14.8. The lowest BCUT2D eigenvalue weighted by Crippen LogP contribution is -2.46. The van der Waals surface area contributed by atoms with Crippen LogP contribution in [-0.4, -0.2) is 17.9 Å². The normalized spacial score (nSPS) is 13.0. The van der Waals surface area contributed by atoms with Gasteiger partial charge in [0.05, 0.1) is 17.5 Å². The number of hydrogen-bond acceptors (Lipinski definition) is 2. The van der Waals surface area contributed by atoms with Crippen LogP contribution < -0.4 is 11.1 Å². The van der Waals surface area contributed by atoms with Crippen molar-refractivity contribution >= 4 is 11.8 Å². The molecule has 0 bridgehead atoms.